The summed E-state index contributed by atoms with van der Waals surface area (Å²) in [4.78, 5) is 16.1. The Hall–Kier alpha value is -2.68. The summed E-state index contributed by atoms with van der Waals surface area (Å²) in [6.45, 7) is 5.96. The van der Waals surface area contributed by atoms with Crippen molar-refractivity contribution in [2.75, 3.05) is 0 Å². The summed E-state index contributed by atoms with van der Waals surface area (Å²) in [7, 11) is 0. The normalized spacial score (nSPS) is 10.9. The molecule has 0 unspecified atom stereocenters. The zero-order chi connectivity index (χ0) is 15.9. The predicted molar refractivity (Wildman–Crippen MR) is 85.7 cm³/mol. The number of benzene rings is 2. The molecule has 1 aromatic heterocycles. The Morgan fingerprint density at radius 3 is 2.32 bits per heavy atom. The van der Waals surface area contributed by atoms with Crippen LogP contribution in [0.4, 0.5) is 0 Å². The third-order valence-corrected chi connectivity index (χ3v) is 3.84. The zero-order valence-electron chi connectivity index (χ0n) is 12.8. The fraction of sp³-hybridized carbons (Fsp3) is 0.158. The summed E-state index contributed by atoms with van der Waals surface area (Å²) in [6.07, 6.45) is 0. The predicted octanol–water partition coefficient (Wildman–Crippen LogP) is 3.19. The van der Waals surface area contributed by atoms with E-state index in [9.17, 15) is 9.90 Å². The van der Waals surface area contributed by atoms with Crippen LogP contribution in [0, 0.1) is 20.8 Å². The number of aromatic carboxylic acids is 1. The number of carboxylic acid groups (broad SMARTS) is 1. The third-order valence-electron chi connectivity index (χ3n) is 3.84. The van der Waals surface area contributed by atoms with E-state index in [0.717, 1.165) is 22.3 Å². The summed E-state index contributed by atoms with van der Waals surface area (Å²) < 4.78 is 0. The standard InChI is InChI=1S/C19H17NO2/c1-11-4-6-14(13(3)8-11)18-10-16(19(21)22)15-9-12(2)5-7-17(15)20-18/h4-10H,1-3H3,(H,21,22)/p-1. The molecule has 2 aromatic carbocycles. The topological polar surface area (TPSA) is 53.0 Å². The lowest BCUT2D eigenvalue weighted by Crippen LogP contribution is -2.22. The fourth-order valence-electron chi connectivity index (χ4n) is 2.75. The van der Waals surface area contributed by atoms with Gasteiger partial charge in [-0.2, -0.15) is 0 Å². The lowest BCUT2D eigenvalue weighted by atomic mass is 9.99. The molecule has 0 saturated carbocycles. The average Bonchev–Trinajstić information content (AvgIpc) is 2.46. The summed E-state index contributed by atoms with van der Waals surface area (Å²) >= 11 is 0. The first-order chi connectivity index (χ1) is 10.5. The van der Waals surface area contributed by atoms with Gasteiger partial charge in [0.05, 0.1) is 17.2 Å². The largest absolute Gasteiger partial charge is 0.545 e. The Morgan fingerprint density at radius 1 is 0.955 bits per heavy atom. The highest BCUT2D eigenvalue weighted by molar-refractivity contribution is 6.03. The van der Waals surface area contributed by atoms with Crippen LogP contribution < -0.4 is 5.11 Å². The minimum absolute atomic E-state index is 0.184. The van der Waals surface area contributed by atoms with Crippen molar-refractivity contribution < 1.29 is 9.90 Å². The van der Waals surface area contributed by atoms with Crippen molar-refractivity contribution in [3.05, 3.63) is 64.7 Å². The van der Waals surface area contributed by atoms with Gasteiger partial charge in [-0.15, -0.1) is 0 Å². The summed E-state index contributed by atoms with van der Waals surface area (Å²) in [6, 6.07) is 13.3. The maximum atomic E-state index is 11.5. The van der Waals surface area contributed by atoms with Gasteiger partial charge in [-0.1, -0.05) is 35.4 Å². The Labute approximate surface area is 129 Å². The quantitative estimate of drug-likeness (QED) is 0.728. The number of hydrogen-bond donors (Lipinski definition) is 0. The van der Waals surface area contributed by atoms with Crippen molar-refractivity contribution >= 4 is 16.9 Å². The van der Waals surface area contributed by atoms with Crippen LogP contribution in [0.2, 0.25) is 0 Å². The molecule has 0 aliphatic carbocycles. The van der Waals surface area contributed by atoms with Crippen molar-refractivity contribution in [2.45, 2.75) is 20.8 Å². The van der Waals surface area contributed by atoms with Crippen LogP contribution in [0.1, 0.15) is 27.0 Å². The van der Waals surface area contributed by atoms with E-state index in [4.69, 9.17) is 0 Å². The highest BCUT2D eigenvalue weighted by Crippen LogP contribution is 2.28. The number of hydrogen-bond acceptors (Lipinski definition) is 3. The molecule has 3 nitrogen and oxygen atoms in total. The van der Waals surface area contributed by atoms with Crippen LogP contribution in [0.15, 0.2) is 42.5 Å². The van der Waals surface area contributed by atoms with Gasteiger partial charge in [0.25, 0.3) is 0 Å². The Morgan fingerprint density at radius 2 is 1.64 bits per heavy atom. The van der Waals surface area contributed by atoms with Gasteiger partial charge in [0.2, 0.25) is 0 Å². The molecule has 22 heavy (non-hydrogen) atoms. The van der Waals surface area contributed by atoms with Crippen LogP contribution in [0.25, 0.3) is 22.2 Å². The molecule has 1 heterocycles. The smallest absolute Gasteiger partial charge is 0.0722 e. The molecule has 0 spiro atoms. The second kappa shape index (κ2) is 5.26. The number of carbonyl (C=O) groups is 1. The number of fused-ring (bicyclic) bond motifs is 1. The van der Waals surface area contributed by atoms with Crippen LogP contribution in [0.3, 0.4) is 0 Å². The number of aromatic nitrogens is 1. The molecule has 0 bridgehead atoms. The number of aryl methyl sites for hydroxylation is 3. The van der Waals surface area contributed by atoms with E-state index in [1.807, 2.05) is 51.1 Å². The lowest BCUT2D eigenvalue weighted by molar-refractivity contribution is -0.254. The highest BCUT2D eigenvalue weighted by Gasteiger charge is 2.10. The first kappa shape index (κ1) is 14.3. The zero-order valence-corrected chi connectivity index (χ0v) is 12.8. The minimum atomic E-state index is -1.18. The van der Waals surface area contributed by atoms with Crippen LogP contribution in [-0.4, -0.2) is 11.0 Å². The van der Waals surface area contributed by atoms with Gasteiger partial charge < -0.3 is 9.90 Å². The first-order valence-corrected chi connectivity index (χ1v) is 7.16. The van der Waals surface area contributed by atoms with Crippen molar-refractivity contribution in [1.82, 2.24) is 4.98 Å². The Balaban J connectivity index is 2.32. The van der Waals surface area contributed by atoms with Crippen molar-refractivity contribution in [2.24, 2.45) is 0 Å². The Kier molecular flexibility index (Phi) is 3.41. The molecule has 3 rings (SSSR count). The van der Waals surface area contributed by atoms with Gasteiger partial charge in [0.15, 0.2) is 0 Å². The average molecular weight is 290 g/mol. The molecule has 0 aliphatic rings. The monoisotopic (exact) mass is 290 g/mol. The van der Waals surface area contributed by atoms with Gasteiger partial charge >= 0.3 is 0 Å². The van der Waals surface area contributed by atoms with E-state index in [0.29, 0.717) is 16.6 Å². The highest BCUT2D eigenvalue weighted by atomic mass is 16.4. The molecule has 0 amide bonds. The molecule has 0 fully saturated rings. The maximum absolute atomic E-state index is 11.5. The summed E-state index contributed by atoms with van der Waals surface area (Å²) in [5.74, 6) is -1.18. The van der Waals surface area contributed by atoms with E-state index in [-0.39, 0.29) is 5.56 Å². The van der Waals surface area contributed by atoms with Crippen LogP contribution in [0.5, 0.6) is 0 Å². The molecule has 0 N–H and O–H groups in total. The molecule has 0 atom stereocenters. The SMILES string of the molecule is Cc1ccc(-c2cc(C(=O)[O-])c3cc(C)ccc3n2)c(C)c1. The molecule has 110 valence electrons. The summed E-state index contributed by atoms with van der Waals surface area (Å²) in [5, 5.41) is 12.1. The van der Waals surface area contributed by atoms with Crippen LogP contribution in [-0.2, 0) is 0 Å². The van der Waals surface area contributed by atoms with Gasteiger partial charge in [-0.25, -0.2) is 4.98 Å². The third kappa shape index (κ3) is 2.46. The van der Waals surface area contributed by atoms with Gasteiger partial charge in [-0.05, 0) is 44.5 Å². The van der Waals surface area contributed by atoms with Gasteiger partial charge in [-0.3, -0.25) is 0 Å². The molecular formula is C19H16NO2-. The van der Waals surface area contributed by atoms with Crippen molar-refractivity contribution in [1.29, 1.82) is 0 Å². The number of pyridine rings is 1. The lowest BCUT2D eigenvalue weighted by Gasteiger charge is -2.13. The van der Waals surface area contributed by atoms with Crippen molar-refractivity contribution in [3.63, 3.8) is 0 Å². The number of rotatable bonds is 2. The molecule has 0 saturated heterocycles. The second-order valence-corrected chi connectivity index (χ2v) is 5.68. The van der Waals surface area contributed by atoms with E-state index < -0.39 is 5.97 Å². The van der Waals surface area contributed by atoms with E-state index in [1.54, 1.807) is 6.07 Å². The van der Waals surface area contributed by atoms with E-state index in [1.165, 1.54) is 0 Å². The van der Waals surface area contributed by atoms with E-state index >= 15 is 0 Å². The second-order valence-electron chi connectivity index (χ2n) is 5.68. The fourth-order valence-corrected chi connectivity index (χ4v) is 2.75. The van der Waals surface area contributed by atoms with Crippen molar-refractivity contribution in [3.8, 4) is 11.3 Å². The van der Waals surface area contributed by atoms with Gasteiger partial charge in [0.1, 0.15) is 0 Å². The number of nitrogens with zero attached hydrogens (tertiary/aromatic N) is 1. The van der Waals surface area contributed by atoms with Gasteiger partial charge in [0, 0.05) is 16.5 Å². The molecule has 0 radical (unpaired) electrons. The molecule has 0 aliphatic heterocycles. The maximum Gasteiger partial charge on any atom is 0.0722 e. The minimum Gasteiger partial charge on any atom is -0.545 e. The van der Waals surface area contributed by atoms with Crippen LogP contribution >= 0.6 is 0 Å². The molecule has 3 aromatic rings. The van der Waals surface area contributed by atoms with E-state index in [2.05, 4.69) is 11.1 Å². The number of carbonyl (C=O) groups excluding carboxylic acids is 1. The molecule has 3 heteroatoms. The first-order valence-electron chi connectivity index (χ1n) is 7.16. The molecular weight excluding hydrogens is 274 g/mol. The number of carboxylic acids is 1. The summed E-state index contributed by atoms with van der Waals surface area (Å²) in [5.41, 5.74) is 5.69. The Bertz CT molecular complexity index is 897.